The zero-order valence-electron chi connectivity index (χ0n) is 12.0. The predicted octanol–water partition coefficient (Wildman–Crippen LogP) is 1.88. The number of nitrogens with zero attached hydrogens (tertiary/aromatic N) is 3. The number of rotatable bonds is 3. The zero-order valence-corrected chi connectivity index (χ0v) is 13.6. The monoisotopic (exact) mass is 360 g/mol. The van der Waals surface area contributed by atoms with Gasteiger partial charge in [-0.05, 0) is 11.6 Å². The van der Waals surface area contributed by atoms with Crippen molar-refractivity contribution < 1.29 is 9.47 Å². The first-order chi connectivity index (χ1) is 10.5. The fourth-order valence-corrected chi connectivity index (χ4v) is 4.21. The molecule has 0 aromatic heterocycles. The third kappa shape index (κ3) is 1.28. The van der Waals surface area contributed by atoms with Crippen LogP contribution in [0, 0.1) is 33.5 Å². The second kappa shape index (κ2) is 4.53. The Hall–Kier alpha value is -1.93. The number of halogens is 1. The van der Waals surface area contributed by atoms with Crippen molar-refractivity contribution in [2.24, 2.45) is 21.6 Å². The highest BCUT2D eigenvalue weighted by atomic mass is 79.9. The number of hydrogen-bond acceptors (Lipinski definition) is 6. The Labute approximate surface area is 136 Å². The second-order valence-corrected chi connectivity index (χ2v) is 6.14. The summed E-state index contributed by atoms with van der Waals surface area (Å²) in [5.74, 6) is -1.99. The summed E-state index contributed by atoms with van der Waals surface area (Å²) in [4.78, 5) is 4.17. The Kier molecular flexibility index (Phi) is 3.09. The lowest BCUT2D eigenvalue weighted by atomic mass is 9.93. The van der Waals surface area contributed by atoms with Gasteiger partial charge in [0.05, 0.1) is 12.1 Å². The molecule has 1 aromatic rings. The quantitative estimate of drug-likeness (QED) is 0.828. The number of nitrogens with two attached hydrogens (primary N) is 1. The molecule has 0 spiro atoms. The van der Waals surface area contributed by atoms with Crippen LogP contribution in [0.3, 0.4) is 0 Å². The minimum Gasteiger partial charge on any atom is -0.386 e. The summed E-state index contributed by atoms with van der Waals surface area (Å²) in [5, 5.41) is 19.7. The topological polar surface area (TPSA) is 104 Å². The summed E-state index contributed by atoms with van der Waals surface area (Å²) < 4.78 is 11.6. The number of benzene rings is 1. The van der Waals surface area contributed by atoms with Gasteiger partial charge >= 0.3 is 0 Å². The van der Waals surface area contributed by atoms with Gasteiger partial charge in [0.1, 0.15) is 11.3 Å². The molecule has 6 nitrogen and oxygen atoms in total. The molecule has 1 aromatic carbocycles. The Bertz CT molecular complexity index is 762. The van der Waals surface area contributed by atoms with Gasteiger partial charge in [-0.15, -0.1) is 0 Å². The van der Waals surface area contributed by atoms with Gasteiger partial charge in [0.2, 0.25) is 0 Å². The van der Waals surface area contributed by atoms with E-state index in [4.69, 9.17) is 15.2 Å². The molecule has 2 aliphatic rings. The Morgan fingerprint density at radius 3 is 2.36 bits per heavy atom. The molecule has 0 radical (unpaired) electrons. The molecular formula is C15H13BrN4O2. The van der Waals surface area contributed by atoms with Crippen LogP contribution in [-0.2, 0) is 9.47 Å². The van der Waals surface area contributed by atoms with Crippen LogP contribution < -0.4 is 5.73 Å². The van der Waals surface area contributed by atoms with E-state index in [-0.39, 0.29) is 5.84 Å². The summed E-state index contributed by atoms with van der Waals surface area (Å²) in [7, 11) is 2.78. The molecule has 0 saturated heterocycles. The fourth-order valence-electron chi connectivity index (χ4n) is 3.70. The van der Waals surface area contributed by atoms with E-state index in [1.54, 1.807) is 0 Å². The number of ether oxygens (including phenoxy) is 2. The molecule has 1 saturated carbocycles. The van der Waals surface area contributed by atoms with Crippen LogP contribution in [0.1, 0.15) is 11.5 Å². The maximum atomic E-state index is 9.90. The van der Waals surface area contributed by atoms with Crippen molar-refractivity contribution in [1.29, 1.82) is 10.5 Å². The van der Waals surface area contributed by atoms with Crippen LogP contribution in [0.25, 0.3) is 0 Å². The summed E-state index contributed by atoms with van der Waals surface area (Å²) in [6, 6.07) is 11.8. The molecule has 1 aliphatic heterocycles. The predicted molar refractivity (Wildman–Crippen MR) is 81.3 cm³/mol. The molecule has 3 atom stereocenters. The third-order valence-electron chi connectivity index (χ3n) is 4.70. The number of fused-ring (bicyclic) bond motifs is 1. The first-order valence-electron chi connectivity index (χ1n) is 6.54. The van der Waals surface area contributed by atoms with Gasteiger partial charge in [0, 0.05) is 24.6 Å². The maximum Gasteiger partial charge on any atom is 0.292 e. The highest BCUT2D eigenvalue weighted by molar-refractivity contribution is 9.10. The van der Waals surface area contributed by atoms with Crippen LogP contribution in [0.4, 0.5) is 0 Å². The Morgan fingerprint density at radius 2 is 1.86 bits per heavy atom. The first kappa shape index (κ1) is 15.0. The Morgan fingerprint density at radius 1 is 1.23 bits per heavy atom. The van der Waals surface area contributed by atoms with Gasteiger partial charge in [-0.25, -0.2) is 4.99 Å². The van der Waals surface area contributed by atoms with E-state index in [9.17, 15) is 10.5 Å². The fraction of sp³-hybridized carbons (Fsp3) is 0.400. The molecule has 7 heteroatoms. The molecule has 3 rings (SSSR count). The van der Waals surface area contributed by atoms with Crippen molar-refractivity contribution in [3.8, 4) is 12.1 Å². The largest absolute Gasteiger partial charge is 0.386 e. The van der Waals surface area contributed by atoms with E-state index < -0.39 is 22.7 Å². The molecule has 112 valence electrons. The van der Waals surface area contributed by atoms with Crippen molar-refractivity contribution in [1.82, 2.24) is 0 Å². The van der Waals surface area contributed by atoms with E-state index in [0.29, 0.717) is 0 Å². The minimum absolute atomic E-state index is 0.0704. The summed E-state index contributed by atoms with van der Waals surface area (Å²) >= 11 is 3.47. The van der Waals surface area contributed by atoms with Crippen molar-refractivity contribution in [2.75, 3.05) is 14.2 Å². The number of amidine groups is 1. The van der Waals surface area contributed by atoms with Crippen LogP contribution in [0.5, 0.6) is 0 Å². The van der Waals surface area contributed by atoms with E-state index in [1.807, 2.05) is 24.3 Å². The molecule has 0 bridgehead atoms. The number of methoxy groups -OCH3 is 2. The number of aliphatic imine (C=N–C) groups is 1. The van der Waals surface area contributed by atoms with E-state index in [1.165, 1.54) is 14.2 Å². The molecule has 0 unspecified atom stereocenters. The zero-order chi connectivity index (χ0) is 16.2. The van der Waals surface area contributed by atoms with Crippen molar-refractivity contribution in [2.45, 2.75) is 11.8 Å². The van der Waals surface area contributed by atoms with Crippen molar-refractivity contribution in [3.63, 3.8) is 0 Å². The van der Waals surface area contributed by atoms with Crippen LogP contribution in [-0.4, -0.2) is 26.0 Å². The van der Waals surface area contributed by atoms with Gasteiger partial charge < -0.3 is 15.2 Å². The van der Waals surface area contributed by atoms with Crippen LogP contribution in [0.15, 0.2) is 33.7 Å². The molecule has 1 aliphatic carbocycles. The van der Waals surface area contributed by atoms with Crippen LogP contribution >= 0.6 is 15.9 Å². The lowest BCUT2D eigenvalue weighted by molar-refractivity contribution is -0.230. The number of nitriles is 2. The third-order valence-corrected chi connectivity index (χ3v) is 5.42. The SMILES string of the molecule is COC1(OC)N=C(N)[C@@]2(C#N)[C@H](c3ccccc3Br)[C@]12C#N. The lowest BCUT2D eigenvalue weighted by Crippen LogP contribution is -2.41. The number of hydrogen-bond donors (Lipinski definition) is 1. The van der Waals surface area contributed by atoms with Gasteiger partial charge in [-0.3, -0.25) is 0 Å². The molecule has 2 N–H and O–H groups in total. The summed E-state index contributed by atoms with van der Waals surface area (Å²) in [6.07, 6.45) is 0. The smallest absolute Gasteiger partial charge is 0.292 e. The van der Waals surface area contributed by atoms with Crippen LogP contribution in [0.2, 0.25) is 0 Å². The highest BCUT2D eigenvalue weighted by Gasteiger charge is 2.93. The standard InChI is InChI=1S/C15H13BrN4O2/c1-21-15(22-2)14(8-18)11(9-5-3-4-6-10(9)16)13(14,7-17)12(19)20-15/h3-6,11H,1-2H3,(H2,19,20)/t11-,13+,14-/m0/s1. The molecular weight excluding hydrogens is 348 g/mol. The van der Waals surface area contributed by atoms with E-state index >= 15 is 0 Å². The summed E-state index contributed by atoms with van der Waals surface area (Å²) in [6.45, 7) is 0. The summed E-state index contributed by atoms with van der Waals surface area (Å²) in [5.41, 5.74) is 4.27. The second-order valence-electron chi connectivity index (χ2n) is 5.28. The van der Waals surface area contributed by atoms with Gasteiger partial charge in [-0.1, -0.05) is 34.1 Å². The highest BCUT2D eigenvalue weighted by Crippen LogP contribution is 2.82. The lowest BCUT2D eigenvalue weighted by Gasteiger charge is -2.29. The van der Waals surface area contributed by atoms with Crippen molar-refractivity contribution in [3.05, 3.63) is 34.3 Å². The average Bonchev–Trinajstić information content (AvgIpc) is 3.10. The molecule has 1 fully saturated rings. The van der Waals surface area contributed by atoms with Gasteiger partial charge in [0.15, 0.2) is 5.41 Å². The minimum atomic E-state index is -1.58. The van der Waals surface area contributed by atoms with E-state index in [2.05, 4.69) is 33.1 Å². The van der Waals surface area contributed by atoms with Crippen molar-refractivity contribution >= 4 is 21.8 Å². The first-order valence-corrected chi connectivity index (χ1v) is 7.33. The van der Waals surface area contributed by atoms with Gasteiger partial charge in [0.25, 0.3) is 5.91 Å². The molecule has 1 heterocycles. The van der Waals surface area contributed by atoms with Gasteiger partial charge in [-0.2, -0.15) is 10.5 Å². The maximum absolute atomic E-state index is 9.90. The Balaban J connectivity index is 2.29. The molecule has 0 amide bonds. The normalized spacial score (nSPS) is 34.2. The van der Waals surface area contributed by atoms with E-state index in [0.717, 1.165) is 10.0 Å². The molecule has 22 heavy (non-hydrogen) atoms. The average molecular weight is 361 g/mol.